The molecule has 0 aliphatic heterocycles. The van der Waals surface area contributed by atoms with E-state index in [1.165, 1.54) is 5.56 Å². The van der Waals surface area contributed by atoms with Gasteiger partial charge in [-0.2, -0.15) is 0 Å². The third kappa shape index (κ3) is 5.80. The first-order chi connectivity index (χ1) is 12.5. The molecule has 26 heavy (non-hydrogen) atoms. The van der Waals surface area contributed by atoms with Gasteiger partial charge < -0.3 is 14.8 Å². The lowest BCUT2D eigenvalue weighted by Gasteiger charge is -2.19. The average molecular weight is 355 g/mol. The number of carbonyl (C=O) groups excluding carboxylic acids is 1. The fourth-order valence-corrected chi connectivity index (χ4v) is 2.86. The Morgan fingerprint density at radius 3 is 2.46 bits per heavy atom. The number of hydrogen-bond donors (Lipinski definition) is 1. The number of ether oxygens (including phenoxy) is 2. The fraction of sp³-hybridized carbons (Fsp3) is 0.409. The first-order valence-electron chi connectivity index (χ1n) is 9.16. The number of hydrogen-bond acceptors (Lipinski definition) is 3. The van der Waals surface area contributed by atoms with Crippen molar-refractivity contribution in [2.45, 2.75) is 46.1 Å². The van der Waals surface area contributed by atoms with Crippen molar-refractivity contribution in [1.29, 1.82) is 0 Å². The summed E-state index contributed by atoms with van der Waals surface area (Å²) in [6.45, 7) is 6.67. The molecule has 2 aromatic rings. The molecule has 2 aromatic carbocycles. The van der Waals surface area contributed by atoms with Gasteiger partial charge in [-0.3, -0.25) is 4.79 Å². The van der Waals surface area contributed by atoms with Gasteiger partial charge in [0.1, 0.15) is 11.5 Å². The lowest BCUT2D eigenvalue weighted by atomic mass is 10.0. The first kappa shape index (κ1) is 19.8. The van der Waals surface area contributed by atoms with E-state index in [0.717, 1.165) is 29.0 Å². The smallest absolute Gasteiger partial charge is 0.220 e. The molecule has 0 spiro atoms. The van der Waals surface area contributed by atoms with Gasteiger partial charge in [0, 0.05) is 6.42 Å². The molecule has 0 bridgehead atoms. The van der Waals surface area contributed by atoms with Crippen LogP contribution in [0.5, 0.6) is 11.5 Å². The minimum atomic E-state index is 0.0186. The van der Waals surface area contributed by atoms with Crippen LogP contribution in [0.15, 0.2) is 42.5 Å². The van der Waals surface area contributed by atoms with Gasteiger partial charge in [-0.15, -0.1) is 0 Å². The van der Waals surface area contributed by atoms with Crippen molar-refractivity contribution in [1.82, 2.24) is 5.32 Å². The second-order valence-corrected chi connectivity index (χ2v) is 6.52. The Bertz CT molecular complexity index is 710. The van der Waals surface area contributed by atoms with E-state index in [4.69, 9.17) is 9.47 Å². The maximum Gasteiger partial charge on any atom is 0.220 e. The summed E-state index contributed by atoms with van der Waals surface area (Å²) >= 11 is 0. The minimum Gasteiger partial charge on any atom is -0.496 e. The molecule has 4 nitrogen and oxygen atoms in total. The van der Waals surface area contributed by atoms with Crippen molar-refractivity contribution in [2.75, 3.05) is 13.7 Å². The molecule has 140 valence electrons. The molecular formula is C22H29NO3. The summed E-state index contributed by atoms with van der Waals surface area (Å²) in [5.41, 5.74) is 3.38. The number of methoxy groups -OCH3 is 1. The molecule has 0 saturated carbocycles. The number of nitrogens with one attached hydrogen (secondary N) is 1. The summed E-state index contributed by atoms with van der Waals surface area (Å²) in [5.74, 6) is 1.76. The third-order valence-electron chi connectivity index (χ3n) is 4.40. The highest BCUT2D eigenvalue weighted by Crippen LogP contribution is 2.24. The van der Waals surface area contributed by atoms with E-state index in [9.17, 15) is 4.79 Å². The van der Waals surface area contributed by atoms with Crippen LogP contribution in [0.4, 0.5) is 0 Å². The molecule has 0 radical (unpaired) electrons. The zero-order valence-electron chi connectivity index (χ0n) is 16.2. The van der Waals surface area contributed by atoms with Gasteiger partial charge in [-0.1, -0.05) is 36.8 Å². The zero-order valence-corrected chi connectivity index (χ0v) is 16.2. The van der Waals surface area contributed by atoms with Crippen LogP contribution in [0.25, 0.3) is 0 Å². The molecular weight excluding hydrogens is 326 g/mol. The quantitative estimate of drug-likeness (QED) is 0.661. The highest BCUT2D eigenvalue weighted by molar-refractivity contribution is 5.76. The highest BCUT2D eigenvalue weighted by Gasteiger charge is 2.14. The van der Waals surface area contributed by atoms with Crippen molar-refractivity contribution in [3.8, 4) is 11.5 Å². The van der Waals surface area contributed by atoms with Gasteiger partial charge in [-0.05, 0) is 56.0 Å². The van der Waals surface area contributed by atoms with Crippen LogP contribution >= 0.6 is 0 Å². The second kappa shape index (κ2) is 9.85. The fourth-order valence-electron chi connectivity index (χ4n) is 2.86. The molecule has 0 aromatic heterocycles. The lowest BCUT2D eigenvalue weighted by molar-refractivity contribution is -0.122. The van der Waals surface area contributed by atoms with Gasteiger partial charge in [0.05, 0.1) is 19.8 Å². The molecule has 0 heterocycles. The van der Waals surface area contributed by atoms with E-state index in [2.05, 4.69) is 18.3 Å². The summed E-state index contributed by atoms with van der Waals surface area (Å²) in [6.07, 6.45) is 1.99. The van der Waals surface area contributed by atoms with Crippen molar-refractivity contribution in [3.63, 3.8) is 0 Å². The topological polar surface area (TPSA) is 47.6 Å². The van der Waals surface area contributed by atoms with Crippen LogP contribution in [0.1, 0.15) is 48.9 Å². The van der Waals surface area contributed by atoms with Crippen molar-refractivity contribution >= 4 is 5.91 Å². The molecule has 1 atom stereocenters. The molecule has 1 amide bonds. The summed E-state index contributed by atoms with van der Waals surface area (Å²) in [5, 5.41) is 3.12. The van der Waals surface area contributed by atoms with Crippen molar-refractivity contribution in [3.05, 3.63) is 59.2 Å². The Balaban J connectivity index is 1.79. The predicted molar refractivity (Wildman–Crippen MR) is 105 cm³/mol. The second-order valence-electron chi connectivity index (χ2n) is 6.52. The Kier molecular flexibility index (Phi) is 7.52. The van der Waals surface area contributed by atoms with E-state index >= 15 is 0 Å². The molecule has 0 aliphatic rings. The number of rotatable bonds is 9. The normalized spacial score (nSPS) is 11.7. The summed E-state index contributed by atoms with van der Waals surface area (Å²) in [4.78, 5) is 12.3. The first-order valence-corrected chi connectivity index (χ1v) is 9.16. The molecule has 0 aliphatic carbocycles. The van der Waals surface area contributed by atoms with Gasteiger partial charge >= 0.3 is 0 Å². The molecule has 4 heteroatoms. The Labute approximate surface area is 156 Å². The van der Waals surface area contributed by atoms with Gasteiger partial charge in [0.2, 0.25) is 5.91 Å². The predicted octanol–water partition coefficient (Wildman–Crippen LogP) is 4.74. The number of carbonyl (C=O) groups is 1. The third-order valence-corrected chi connectivity index (χ3v) is 4.40. The summed E-state index contributed by atoms with van der Waals surface area (Å²) in [7, 11) is 1.67. The van der Waals surface area contributed by atoms with E-state index < -0.39 is 0 Å². The molecule has 0 fully saturated rings. The van der Waals surface area contributed by atoms with Crippen molar-refractivity contribution < 1.29 is 14.3 Å². The number of amides is 1. The zero-order chi connectivity index (χ0) is 18.9. The van der Waals surface area contributed by atoms with E-state index in [1.54, 1.807) is 7.11 Å². The highest BCUT2D eigenvalue weighted by atomic mass is 16.5. The minimum absolute atomic E-state index is 0.0186. The van der Waals surface area contributed by atoms with Gasteiger partial charge in [0.15, 0.2) is 0 Å². The van der Waals surface area contributed by atoms with E-state index in [0.29, 0.717) is 19.4 Å². The van der Waals surface area contributed by atoms with Crippen LogP contribution in [0.3, 0.4) is 0 Å². The van der Waals surface area contributed by atoms with Crippen LogP contribution in [-0.4, -0.2) is 19.6 Å². The standard InChI is InChI=1S/C22H29NO3/c1-5-20(18-10-13-21(25-4)17(3)15-18)23-22(24)7-6-14-26-19-11-8-16(2)9-12-19/h8-13,15,20H,5-7,14H2,1-4H3,(H,23,24)/t20-/m0/s1. The van der Waals surface area contributed by atoms with Gasteiger partial charge in [0.25, 0.3) is 0 Å². The SMILES string of the molecule is CC[C@H](NC(=O)CCCOc1ccc(C)cc1)c1ccc(OC)c(C)c1. The lowest BCUT2D eigenvalue weighted by Crippen LogP contribution is -2.28. The maximum atomic E-state index is 12.3. The Morgan fingerprint density at radius 2 is 1.85 bits per heavy atom. The maximum absolute atomic E-state index is 12.3. The van der Waals surface area contributed by atoms with Crippen LogP contribution in [0.2, 0.25) is 0 Å². The van der Waals surface area contributed by atoms with Crippen molar-refractivity contribution in [2.24, 2.45) is 0 Å². The average Bonchev–Trinajstić information content (AvgIpc) is 2.64. The number of aryl methyl sites for hydroxylation is 2. The molecule has 0 unspecified atom stereocenters. The summed E-state index contributed by atoms with van der Waals surface area (Å²) < 4.78 is 11.0. The Morgan fingerprint density at radius 1 is 1.12 bits per heavy atom. The Hall–Kier alpha value is -2.49. The summed E-state index contributed by atoms with van der Waals surface area (Å²) in [6, 6.07) is 14.0. The van der Waals surface area contributed by atoms with Crippen LogP contribution < -0.4 is 14.8 Å². The number of benzene rings is 2. The van der Waals surface area contributed by atoms with Crippen LogP contribution in [0, 0.1) is 13.8 Å². The largest absolute Gasteiger partial charge is 0.496 e. The monoisotopic (exact) mass is 355 g/mol. The molecule has 2 rings (SSSR count). The van der Waals surface area contributed by atoms with E-state index in [-0.39, 0.29) is 11.9 Å². The van der Waals surface area contributed by atoms with E-state index in [1.807, 2.05) is 50.2 Å². The molecule has 0 saturated heterocycles. The molecule has 1 N–H and O–H groups in total. The van der Waals surface area contributed by atoms with Crippen LogP contribution in [-0.2, 0) is 4.79 Å². The van der Waals surface area contributed by atoms with Gasteiger partial charge in [-0.25, -0.2) is 0 Å².